The first-order valence-electron chi connectivity index (χ1n) is 10.8. The second kappa shape index (κ2) is 8.54. The van der Waals surface area contributed by atoms with E-state index in [0.717, 1.165) is 18.4 Å². The molecule has 2 aromatic rings. The van der Waals surface area contributed by atoms with Gasteiger partial charge in [0.2, 0.25) is 5.91 Å². The van der Waals surface area contributed by atoms with Gasteiger partial charge in [0.25, 0.3) is 0 Å². The predicted octanol–water partition coefficient (Wildman–Crippen LogP) is 2.76. The van der Waals surface area contributed by atoms with Crippen LogP contribution in [0.1, 0.15) is 30.9 Å². The first-order chi connectivity index (χ1) is 15.5. The fourth-order valence-electron chi connectivity index (χ4n) is 4.38. The summed E-state index contributed by atoms with van der Waals surface area (Å²) < 4.78 is 47.9. The lowest BCUT2D eigenvalue weighted by Gasteiger charge is -2.27. The van der Waals surface area contributed by atoms with Gasteiger partial charge in [-0.1, -0.05) is 6.07 Å². The molecule has 0 N–H and O–H groups in total. The number of amides is 1. The number of likely N-dealkylation sites (tertiary alicyclic amines) is 1. The molecule has 1 atom stereocenters. The minimum Gasteiger partial charge on any atom is -0.486 e. The van der Waals surface area contributed by atoms with Gasteiger partial charge in [0.15, 0.2) is 32.8 Å². The molecule has 3 aliphatic heterocycles. The standard InChI is InChI=1S/C23H25NO7S/c25-23(7-13-32(26,27)17-4-6-20-22(15-17)31-12-10-29-20)24-8-1-2-18(24)16-3-5-19-21(14-16)30-11-9-28-19/h3-6,14-15,18H,1-2,7-13H2. The molecular weight excluding hydrogens is 434 g/mol. The van der Waals surface area contributed by atoms with Gasteiger partial charge >= 0.3 is 0 Å². The summed E-state index contributed by atoms with van der Waals surface area (Å²) in [6.45, 7) is 2.46. The number of hydrogen-bond acceptors (Lipinski definition) is 7. The van der Waals surface area contributed by atoms with Gasteiger partial charge in [-0.15, -0.1) is 0 Å². The molecule has 3 aliphatic rings. The number of hydrogen-bond donors (Lipinski definition) is 0. The molecule has 3 heterocycles. The third-order valence-electron chi connectivity index (χ3n) is 5.98. The Labute approximate surface area is 186 Å². The summed E-state index contributed by atoms with van der Waals surface area (Å²) in [5.74, 6) is 1.93. The van der Waals surface area contributed by atoms with Crippen molar-refractivity contribution < 1.29 is 32.2 Å². The number of benzene rings is 2. The van der Waals surface area contributed by atoms with Crippen molar-refractivity contribution in [1.82, 2.24) is 4.90 Å². The Morgan fingerprint density at radius 1 is 0.875 bits per heavy atom. The van der Waals surface area contributed by atoms with Crippen molar-refractivity contribution in [3.8, 4) is 23.0 Å². The van der Waals surface area contributed by atoms with Crippen LogP contribution in [0.3, 0.4) is 0 Å². The smallest absolute Gasteiger partial charge is 0.224 e. The minimum atomic E-state index is -3.63. The molecule has 0 aliphatic carbocycles. The van der Waals surface area contributed by atoms with E-state index < -0.39 is 9.84 Å². The maximum Gasteiger partial charge on any atom is 0.224 e. The van der Waals surface area contributed by atoms with Gasteiger partial charge in [-0.3, -0.25) is 4.79 Å². The SMILES string of the molecule is O=C(CCS(=O)(=O)c1ccc2c(c1)OCCO2)N1CCCC1c1ccc2c(c1)OCCO2. The Kier molecular flexibility index (Phi) is 5.58. The molecular formula is C23H25NO7S. The topological polar surface area (TPSA) is 91.4 Å². The molecule has 8 nitrogen and oxygen atoms in total. The van der Waals surface area contributed by atoms with Gasteiger partial charge in [-0.05, 0) is 42.7 Å². The number of ether oxygens (including phenoxy) is 4. The maximum absolute atomic E-state index is 13.0. The number of carbonyl (C=O) groups is 1. The lowest BCUT2D eigenvalue weighted by atomic mass is 10.0. The summed E-state index contributed by atoms with van der Waals surface area (Å²) in [5.41, 5.74) is 0.981. The Bertz CT molecular complexity index is 1130. The Balaban J connectivity index is 1.27. The highest BCUT2D eigenvalue weighted by molar-refractivity contribution is 7.91. The van der Waals surface area contributed by atoms with E-state index in [1.54, 1.807) is 11.0 Å². The predicted molar refractivity (Wildman–Crippen MR) is 115 cm³/mol. The number of fused-ring (bicyclic) bond motifs is 2. The largest absolute Gasteiger partial charge is 0.486 e. The van der Waals surface area contributed by atoms with Gasteiger partial charge in [-0.25, -0.2) is 8.42 Å². The highest BCUT2D eigenvalue weighted by atomic mass is 32.2. The Morgan fingerprint density at radius 3 is 2.22 bits per heavy atom. The van der Waals surface area contributed by atoms with Crippen LogP contribution < -0.4 is 18.9 Å². The monoisotopic (exact) mass is 459 g/mol. The van der Waals surface area contributed by atoms with E-state index >= 15 is 0 Å². The molecule has 0 aromatic heterocycles. The van der Waals surface area contributed by atoms with Crippen molar-refractivity contribution in [1.29, 1.82) is 0 Å². The zero-order chi connectivity index (χ0) is 22.1. The molecule has 1 unspecified atom stereocenters. The molecule has 9 heteroatoms. The van der Waals surface area contributed by atoms with E-state index in [1.807, 2.05) is 18.2 Å². The van der Waals surface area contributed by atoms with Crippen LogP contribution in [0.2, 0.25) is 0 Å². The minimum absolute atomic E-state index is 0.0716. The van der Waals surface area contributed by atoms with E-state index in [2.05, 4.69) is 0 Å². The van der Waals surface area contributed by atoms with Crippen LogP contribution in [-0.2, 0) is 14.6 Å². The molecule has 1 saturated heterocycles. The summed E-state index contributed by atoms with van der Waals surface area (Å²) in [6, 6.07) is 10.2. The molecule has 0 radical (unpaired) electrons. The average Bonchev–Trinajstić information content (AvgIpc) is 3.32. The van der Waals surface area contributed by atoms with Crippen LogP contribution in [0.15, 0.2) is 41.3 Å². The van der Waals surface area contributed by atoms with Crippen molar-refractivity contribution in [3.05, 3.63) is 42.0 Å². The van der Waals surface area contributed by atoms with E-state index in [-0.39, 0.29) is 29.0 Å². The van der Waals surface area contributed by atoms with Crippen LogP contribution in [-0.4, -0.2) is 58.0 Å². The molecule has 5 rings (SSSR count). The number of sulfone groups is 1. The number of carbonyl (C=O) groups excluding carboxylic acids is 1. The summed E-state index contributed by atoms with van der Waals surface area (Å²) in [6.07, 6.45) is 1.64. The first kappa shape index (κ1) is 20.9. The highest BCUT2D eigenvalue weighted by Gasteiger charge is 2.32. The zero-order valence-corrected chi connectivity index (χ0v) is 18.4. The van der Waals surface area contributed by atoms with Crippen molar-refractivity contribution in [2.24, 2.45) is 0 Å². The number of nitrogens with zero attached hydrogens (tertiary/aromatic N) is 1. The van der Waals surface area contributed by atoms with Crippen molar-refractivity contribution in [3.63, 3.8) is 0 Å². The molecule has 1 amide bonds. The van der Waals surface area contributed by atoms with Gasteiger partial charge in [-0.2, -0.15) is 0 Å². The molecule has 170 valence electrons. The molecule has 1 fully saturated rings. The second-order valence-corrected chi connectivity index (χ2v) is 10.1. The van der Waals surface area contributed by atoms with Crippen molar-refractivity contribution in [2.45, 2.75) is 30.2 Å². The summed E-state index contributed by atoms with van der Waals surface area (Å²) in [5, 5.41) is 0. The third-order valence-corrected chi connectivity index (χ3v) is 7.70. The fourth-order valence-corrected chi connectivity index (χ4v) is 5.62. The second-order valence-electron chi connectivity index (χ2n) is 8.02. The Hall–Kier alpha value is -2.94. The summed E-state index contributed by atoms with van der Waals surface area (Å²) in [4.78, 5) is 14.9. The molecule has 0 saturated carbocycles. The van der Waals surface area contributed by atoms with Gasteiger partial charge in [0.05, 0.1) is 16.7 Å². The highest BCUT2D eigenvalue weighted by Crippen LogP contribution is 2.38. The van der Waals surface area contributed by atoms with Crippen molar-refractivity contribution in [2.75, 3.05) is 38.7 Å². The van der Waals surface area contributed by atoms with Crippen molar-refractivity contribution >= 4 is 15.7 Å². The molecule has 32 heavy (non-hydrogen) atoms. The quantitative estimate of drug-likeness (QED) is 0.679. The number of rotatable bonds is 5. The Morgan fingerprint density at radius 2 is 1.50 bits per heavy atom. The first-order valence-corrected chi connectivity index (χ1v) is 12.5. The van der Waals surface area contributed by atoms with Gasteiger partial charge < -0.3 is 23.8 Å². The fraction of sp³-hybridized carbons (Fsp3) is 0.435. The van der Waals surface area contributed by atoms with Gasteiger partial charge in [0, 0.05) is 19.0 Å². The lowest BCUT2D eigenvalue weighted by molar-refractivity contribution is -0.131. The summed E-state index contributed by atoms with van der Waals surface area (Å²) in [7, 11) is -3.63. The summed E-state index contributed by atoms with van der Waals surface area (Å²) >= 11 is 0. The van der Waals surface area contributed by atoms with Crippen LogP contribution in [0.4, 0.5) is 0 Å². The van der Waals surface area contributed by atoms with E-state index in [0.29, 0.717) is 56.0 Å². The lowest BCUT2D eigenvalue weighted by Crippen LogP contribution is -2.32. The van der Waals surface area contributed by atoms with Crippen LogP contribution in [0, 0.1) is 0 Å². The molecule has 0 spiro atoms. The van der Waals surface area contributed by atoms with Gasteiger partial charge in [0.1, 0.15) is 26.4 Å². The van der Waals surface area contributed by atoms with Crippen LogP contribution >= 0.6 is 0 Å². The average molecular weight is 460 g/mol. The van der Waals surface area contributed by atoms with E-state index in [1.165, 1.54) is 12.1 Å². The van der Waals surface area contributed by atoms with Crippen LogP contribution in [0.25, 0.3) is 0 Å². The molecule has 2 aromatic carbocycles. The maximum atomic E-state index is 13.0. The zero-order valence-electron chi connectivity index (χ0n) is 17.6. The van der Waals surface area contributed by atoms with E-state index in [9.17, 15) is 13.2 Å². The van der Waals surface area contributed by atoms with Crippen LogP contribution in [0.5, 0.6) is 23.0 Å². The van der Waals surface area contributed by atoms with E-state index in [4.69, 9.17) is 18.9 Å². The third kappa shape index (κ3) is 4.09. The normalized spacial score (nSPS) is 19.6. The molecule has 0 bridgehead atoms.